The minimum Gasteiger partial charge on any atom is -0.264 e. The average Bonchev–Trinajstić information content (AvgIpc) is 3.21. The molecular weight excluding hydrogens is 426 g/mol. The highest BCUT2D eigenvalue weighted by molar-refractivity contribution is 5.79. The van der Waals surface area contributed by atoms with Crippen LogP contribution in [0.4, 0.5) is 0 Å². The number of rotatable bonds is 3. The summed E-state index contributed by atoms with van der Waals surface area (Å²) in [6.07, 6.45) is 8.37. The largest absolute Gasteiger partial charge is 0.264 e. The lowest BCUT2D eigenvalue weighted by atomic mass is 9.62. The Hall–Kier alpha value is -3.20. The first-order valence-corrected chi connectivity index (χ1v) is 13.0. The molecule has 0 bridgehead atoms. The SMILES string of the molecule is Cc1ccc(-c2nn(Cc3cccnc3)c3c2CCc2cc4c(cc2-3)C(C)(C)CCC4(C)C)cc1. The van der Waals surface area contributed by atoms with Crippen molar-refractivity contribution in [3.8, 4) is 22.5 Å². The van der Waals surface area contributed by atoms with Crippen LogP contribution in [-0.4, -0.2) is 14.8 Å². The van der Waals surface area contributed by atoms with E-state index in [1.54, 1.807) is 5.56 Å². The summed E-state index contributed by atoms with van der Waals surface area (Å²) in [5.41, 5.74) is 13.8. The van der Waals surface area contributed by atoms with Crippen LogP contribution in [0.2, 0.25) is 0 Å². The molecule has 2 aromatic carbocycles. The Morgan fingerprint density at radius 2 is 1.60 bits per heavy atom. The lowest BCUT2D eigenvalue weighted by Crippen LogP contribution is -2.34. The first-order chi connectivity index (χ1) is 16.7. The van der Waals surface area contributed by atoms with Crippen LogP contribution in [0.25, 0.3) is 22.5 Å². The van der Waals surface area contributed by atoms with Crippen molar-refractivity contribution in [1.82, 2.24) is 14.8 Å². The number of pyridine rings is 1. The van der Waals surface area contributed by atoms with Crippen molar-refractivity contribution in [3.63, 3.8) is 0 Å². The number of hydrogen-bond donors (Lipinski definition) is 0. The molecule has 0 radical (unpaired) electrons. The molecule has 0 N–H and O–H groups in total. The maximum absolute atomic E-state index is 5.25. The van der Waals surface area contributed by atoms with Crippen molar-refractivity contribution in [2.24, 2.45) is 0 Å². The first kappa shape index (κ1) is 22.3. The van der Waals surface area contributed by atoms with Gasteiger partial charge in [0.25, 0.3) is 0 Å². The monoisotopic (exact) mass is 461 g/mol. The third-order valence-corrected chi connectivity index (χ3v) is 8.41. The quantitative estimate of drug-likeness (QED) is 0.318. The number of aromatic nitrogens is 3. The van der Waals surface area contributed by atoms with Gasteiger partial charge in [0.1, 0.15) is 0 Å². The second kappa shape index (κ2) is 7.91. The van der Waals surface area contributed by atoms with Crippen molar-refractivity contribution in [2.45, 2.75) is 77.7 Å². The van der Waals surface area contributed by atoms with E-state index in [4.69, 9.17) is 5.10 Å². The van der Waals surface area contributed by atoms with E-state index in [9.17, 15) is 0 Å². The summed E-state index contributed by atoms with van der Waals surface area (Å²) >= 11 is 0. The Kier molecular flexibility index (Phi) is 5.03. The van der Waals surface area contributed by atoms with E-state index in [0.29, 0.717) is 0 Å². The zero-order valence-corrected chi connectivity index (χ0v) is 21.7. The molecule has 3 heteroatoms. The molecule has 0 saturated carbocycles. The van der Waals surface area contributed by atoms with Crippen molar-refractivity contribution < 1.29 is 0 Å². The standard InChI is InChI=1S/C32H35N3/c1-21-8-10-23(11-9-21)29-25-13-12-24-17-27-28(32(4,5)15-14-31(27,2)3)18-26(24)30(25)35(34-29)20-22-7-6-16-33-19-22/h6-11,16-19H,12-15,20H2,1-5H3. The van der Waals surface area contributed by atoms with Gasteiger partial charge in [-0.15, -0.1) is 0 Å². The van der Waals surface area contributed by atoms with Crippen LogP contribution in [0.1, 0.15) is 73.9 Å². The molecule has 3 nitrogen and oxygen atoms in total. The van der Waals surface area contributed by atoms with E-state index in [1.165, 1.54) is 57.5 Å². The molecule has 4 aromatic rings. The van der Waals surface area contributed by atoms with Gasteiger partial charge in [-0.05, 0) is 77.8 Å². The van der Waals surface area contributed by atoms with E-state index >= 15 is 0 Å². The predicted octanol–water partition coefficient (Wildman–Crippen LogP) is 7.42. The minimum absolute atomic E-state index is 0.186. The van der Waals surface area contributed by atoms with Crippen molar-refractivity contribution in [2.75, 3.05) is 0 Å². The molecule has 0 aliphatic heterocycles. The summed E-state index contributed by atoms with van der Waals surface area (Å²) in [7, 11) is 0. The van der Waals surface area contributed by atoms with Crippen LogP contribution in [0.15, 0.2) is 60.9 Å². The van der Waals surface area contributed by atoms with Crippen molar-refractivity contribution in [3.05, 3.63) is 94.3 Å². The summed E-state index contributed by atoms with van der Waals surface area (Å²) < 4.78 is 2.24. The lowest BCUT2D eigenvalue weighted by molar-refractivity contribution is 0.331. The smallest absolute Gasteiger partial charge is 0.0961 e. The maximum Gasteiger partial charge on any atom is 0.0961 e. The Labute approximate surface area is 209 Å². The minimum atomic E-state index is 0.186. The van der Waals surface area contributed by atoms with Crippen LogP contribution < -0.4 is 0 Å². The van der Waals surface area contributed by atoms with E-state index in [1.807, 2.05) is 18.5 Å². The Morgan fingerprint density at radius 3 is 2.29 bits per heavy atom. The Balaban J connectivity index is 1.58. The fraction of sp³-hybridized carbons (Fsp3) is 0.375. The zero-order valence-electron chi connectivity index (χ0n) is 21.7. The van der Waals surface area contributed by atoms with Crippen molar-refractivity contribution >= 4 is 0 Å². The van der Waals surface area contributed by atoms with E-state index < -0.39 is 0 Å². The average molecular weight is 462 g/mol. The second-order valence-corrected chi connectivity index (χ2v) is 11.9. The molecule has 0 unspecified atom stereocenters. The second-order valence-electron chi connectivity index (χ2n) is 11.9. The van der Waals surface area contributed by atoms with Crippen molar-refractivity contribution in [1.29, 1.82) is 0 Å². The van der Waals surface area contributed by atoms with Gasteiger partial charge in [-0.3, -0.25) is 9.67 Å². The van der Waals surface area contributed by atoms with Gasteiger partial charge in [-0.25, -0.2) is 0 Å². The van der Waals surface area contributed by atoms with Gasteiger partial charge in [0, 0.05) is 29.1 Å². The molecule has 0 spiro atoms. The van der Waals surface area contributed by atoms with Crippen LogP contribution in [0.3, 0.4) is 0 Å². The third-order valence-electron chi connectivity index (χ3n) is 8.41. The molecule has 0 fully saturated rings. The van der Waals surface area contributed by atoms with Gasteiger partial charge in [0.2, 0.25) is 0 Å². The fourth-order valence-corrected chi connectivity index (χ4v) is 6.11. The number of hydrogen-bond acceptors (Lipinski definition) is 2. The summed E-state index contributed by atoms with van der Waals surface area (Å²) in [4.78, 5) is 4.36. The summed E-state index contributed by atoms with van der Waals surface area (Å²) in [5, 5.41) is 5.25. The van der Waals surface area contributed by atoms with Gasteiger partial charge in [0.15, 0.2) is 0 Å². The van der Waals surface area contributed by atoms with Crippen LogP contribution >= 0.6 is 0 Å². The Morgan fingerprint density at radius 1 is 0.886 bits per heavy atom. The Bertz CT molecular complexity index is 1410. The van der Waals surface area contributed by atoms with E-state index in [0.717, 1.165) is 25.1 Å². The van der Waals surface area contributed by atoms with E-state index in [2.05, 4.69) is 86.7 Å². The fourth-order valence-electron chi connectivity index (χ4n) is 6.11. The zero-order chi connectivity index (χ0) is 24.4. The molecule has 178 valence electrons. The summed E-state index contributed by atoms with van der Waals surface area (Å²) in [6.45, 7) is 12.5. The maximum atomic E-state index is 5.25. The number of fused-ring (bicyclic) bond motifs is 4. The third kappa shape index (κ3) is 3.73. The molecule has 0 saturated heterocycles. The summed E-state index contributed by atoms with van der Waals surface area (Å²) in [5.74, 6) is 0. The van der Waals surface area contributed by atoms with Gasteiger partial charge >= 0.3 is 0 Å². The van der Waals surface area contributed by atoms with E-state index in [-0.39, 0.29) is 10.8 Å². The molecule has 35 heavy (non-hydrogen) atoms. The van der Waals surface area contributed by atoms with Gasteiger partial charge in [0.05, 0.1) is 17.9 Å². The molecule has 2 aromatic heterocycles. The van der Waals surface area contributed by atoms with Gasteiger partial charge in [-0.2, -0.15) is 5.10 Å². The number of nitrogens with zero attached hydrogens (tertiary/aromatic N) is 3. The summed E-state index contributed by atoms with van der Waals surface area (Å²) in [6, 6.07) is 18.1. The topological polar surface area (TPSA) is 30.7 Å². The number of aryl methyl sites for hydroxylation is 2. The van der Waals surface area contributed by atoms with Crippen LogP contribution in [0.5, 0.6) is 0 Å². The highest BCUT2D eigenvalue weighted by atomic mass is 15.3. The normalized spacial score (nSPS) is 17.4. The molecular formula is C32H35N3. The molecule has 2 aliphatic carbocycles. The lowest BCUT2D eigenvalue weighted by Gasteiger charge is -2.43. The van der Waals surface area contributed by atoms with Crippen LogP contribution in [-0.2, 0) is 30.2 Å². The molecule has 0 amide bonds. The molecule has 2 aliphatic rings. The molecule has 0 atom stereocenters. The van der Waals surface area contributed by atoms with Crippen LogP contribution in [0, 0.1) is 6.92 Å². The highest BCUT2D eigenvalue weighted by Gasteiger charge is 2.39. The highest BCUT2D eigenvalue weighted by Crippen LogP contribution is 2.49. The predicted molar refractivity (Wildman–Crippen MR) is 144 cm³/mol. The number of benzene rings is 2. The molecule has 2 heterocycles. The first-order valence-electron chi connectivity index (χ1n) is 13.0. The van der Waals surface area contributed by atoms with Gasteiger partial charge in [-0.1, -0.05) is 69.7 Å². The molecule has 6 rings (SSSR count). The van der Waals surface area contributed by atoms with Gasteiger partial charge < -0.3 is 0 Å².